The van der Waals surface area contributed by atoms with Crippen molar-refractivity contribution >= 4 is 11.6 Å². The Bertz CT molecular complexity index is 508. The first-order valence-electron chi connectivity index (χ1n) is 7.07. The van der Waals surface area contributed by atoms with Gasteiger partial charge >= 0.3 is 6.18 Å². The van der Waals surface area contributed by atoms with Gasteiger partial charge in [-0.3, -0.25) is 4.79 Å². The predicted molar refractivity (Wildman–Crippen MR) is 75.1 cm³/mol. The van der Waals surface area contributed by atoms with Gasteiger partial charge in [0.2, 0.25) is 5.91 Å². The third-order valence-corrected chi connectivity index (χ3v) is 3.70. The summed E-state index contributed by atoms with van der Waals surface area (Å²) in [5.41, 5.74) is -0.174. The molecule has 1 heterocycles. The molecule has 1 saturated heterocycles. The highest BCUT2D eigenvalue weighted by atomic mass is 19.4. The molecule has 1 amide bonds. The Kier molecular flexibility index (Phi) is 4.75. The van der Waals surface area contributed by atoms with E-state index in [-0.39, 0.29) is 18.0 Å². The Labute approximate surface area is 122 Å². The fourth-order valence-electron chi connectivity index (χ4n) is 2.47. The molecule has 1 aliphatic rings. The number of benzene rings is 1. The molecule has 2 rings (SSSR count). The molecular formula is C15H19F3N2O. The maximum absolute atomic E-state index is 12.8. The van der Waals surface area contributed by atoms with Crippen LogP contribution in [0.25, 0.3) is 0 Å². The van der Waals surface area contributed by atoms with Crippen molar-refractivity contribution < 1.29 is 18.0 Å². The summed E-state index contributed by atoms with van der Waals surface area (Å²) in [6, 6.07) is 4.03. The van der Waals surface area contributed by atoms with Crippen LogP contribution in [0, 0.1) is 6.92 Å². The number of anilines is 1. The third kappa shape index (κ3) is 4.12. The number of carbonyl (C=O) groups excluding carboxylic acids is 1. The minimum absolute atomic E-state index is 0.0281. The predicted octanol–water partition coefficient (Wildman–Crippen LogP) is 3.44. The molecule has 0 saturated carbocycles. The second-order valence-electron chi connectivity index (χ2n) is 5.32. The number of nitrogens with one attached hydrogen (secondary N) is 1. The maximum Gasteiger partial charge on any atom is 0.416 e. The van der Waals surface area contributed by atoms with E-state index in [1.165, 1.54) is 13.0 Å². The normalized spacial score (nSPS) is 15.9. The van der Waals surface area contributed by atoms with Crippen molar-refractivity contribution in [1.82, 2.24) is 4.90 Å². The second-order valence-corrected chi connectivity index (χ2v) is 5.32. The molecule has 3 nitrogen and oxygen atoms in total. The molecular weight excluding hydrogens is 281 g/mol. The quantitative estimate of drug-likeness (QED) is 0.927. The standard InChI is InChI=1S/C15H19F3N2O/c1-11-5-6-12(9-13(11)15(16,17)18)19-10-14(21)20-7-3-2-4-8-20/h5-6,9,19H,2-4,7-8,10H2,1H3. The Morgan fingerprint density at radius 2 is 1.90 bits per heavy atom. The molecule has 21 heavy (non-hydrogen) atoms. The van der Waals surface area contributed by atoms with Crippen molar-refractivity contribution in [2.75, 3.05) is 25.0 Å². The second kappa shape index (κ2) is 6.37. The van der Waals surface area contributed by atoms with Crippen LogP contribution >= 0.6 is 0 Å². The lowest BCUT2D eigenvalue weighted by Gasteiger charge is -2.27. The topological polar surface area (TPSA) is 32.3 Å². The van der Waals surface area contributed by atoms with Crippen molar-refractivity contribution in [2.45, 2.75) is 32.4 Å². The first-order chi connectivity index (χ1) is 9.88. The minimum atomic E-state index is -4.38. The average Bonchev–Trinajstić information content (AvgIpc) is 2.45. The summed E-state index contributed by atoms with van der Waals surface area (Å²) < 4.78 is 38.4. The molecule has 6 heteroatoms. The monoisotopic (exact) mass is 300 g/mol. The van der Waals surface area contributed by atoms with Crippen LogP contribution in [0.4, 0.5) is 18.9 Å². The Balaban J connectivity index is 1.98. The smallest absolute Gasteiger partial charge is 0.376 e. The number of rotatable bonds is 3. The van der Waals surface area contributed by atoms with Crippen molar-refractivity contribution in [2.24, 2.45) is 0 Å². The number of alkyl halides is 3. The van der Waals surface area contributed by atoms with Crippen LogP contribution in [0.5, 0.6) is 0 Å². The number of carbonyl (C=O) groups is 1. The minimum Gasteiger partial charge on any atom is -0.376 e. The van der Waals surface area contributed by atoms with E-state index < -0.39 is 11.7 Å². The first kappa shape index (κ1) is 15.7. The number of aryl methyl sites for hydroxylation is 1. The zero-order valence-corrected chi connectivity index (χ0v) is 12.0. The molecule has 1 N–H and O–H groups in total. The summed E-state index contributed by atoms with van der Waals surface area (Å²) in [6.07, 6.45) is -1.26. The van der Waals surface area contributed by atoms with Crippen LogP contribution in [0.1, 0.15) is 30.4 Å². The number of likely N-dealkylation sites (tertiary alicyclic amines) is 1. The molecule has 0 aliphatic carbocycles. The van der Waals surface area contributed by atoms with Crippen molar-refractivity contribution in [3.05, 3.63) is 29.3 Å². The zero-order valence-electron chi connectivity index (χ0n) is 12.0. The molecule has 0 unspecified atom stereocenters. The van der Waals surface area contributed by atoms with Crippen LogP contribution in [0.2, 0.25) is 0 Å². The number of hydrogen-bond acceptors (Lipinski definition) is 2. The number of hydrogen-bond donors (Lipinski definition) is 1. The number of halogens is 3. The van der Waals surface area contributed by atoms with E-state index in [0.29, 0.717) is 5.69 Å². The van der Waals surface area contributed by atoms with Gasteiger partial charge in [0, 0.05) is 18.8 Å². The van der Waals surface area contributed by atoms with Crippen molar-refractivity contribution in [1.29, 1.82) is 0 Å². The van der Waals surface area contributed by atoms with E-state index >= 15 is 0 Å². The largest absolute Gasteiger partial charge is 0.416 e. The summed E-state index contributed by atoms with van der Waals surface area (Å²) in [6.45, 7) is 2.93. The van der Waals surface area contributed by atoms with Gasteiger partial charge in [-0.1, -0.05) is 6.07 Å². The van der Waals surface area contributed by atoms with Gasteiger partial charge in [-0.05, 0) is 43.9 Å². The van der Waals surface area contributed by atoms with Gasteiger partial charge in [0.1, 0.15) is 0 Å². The molecule has 116 valence electrons. The molecule has 0 spiro atoms. The van der Waals surface area contributed by atoms with Crippen LogP contribution in [0.15, 0.2) is 18.2 Å². The van der Waals surface area contributed by atoms with E-state index in [1.807, 2.05) is 0 Å². The van der Waals surface area contributed by atoms with Crippen molar-refractivity contribution in [3.63, 3.8) is 0 Å². The number of piperidine rings is 1. The van der Waals surface area contributed by atoms with Gasteiger partial charge in [0.15, 0.2) is 0 Å². The van der Waals surface area contributed by atoms with Gasteiger partial charge < -0.3 is 10.2 Å². The molecule has 0 aromatic heterocycles. The zero-order chi connectivity index (χ0) is 15.5. The van der Waals surface area contributed by atoms with E-state index in [4.69, 9.17) is 0 Å². The highest BCUT2D eigenvalue weighted by molar-refractivity contribution is 5.81. The average molecular weight is 300 g/mol. The van der Waals surface area contributed by atoms with E-state index in [0.717, 1.165) is 38.4 Å². The van der Waals surface area contributed by atoms with Crippen LogP contribution < -0.4 is 5.32 Å². The lowest BCUT2D eigenvalue weighted by atomic mass is 10.1. The summed E-state index contributed by atoms with van der Waals surface area (Å²) in [5, 5.41) is 2.79. The van der Waals surface area contributed by atoms with E-state index in [2.05, 4.69) is 5.32 Å². The summed E-state index contributed by atoms with van der Waals surface area (Å²) in [5.74, 6) is -0.0659. The Morgan fingerprint density at radius 1 is 1.24 bits per heavy atom. The van der Waals surface area contributed by atoms with Gasteiger partial charge in [0.25, 0.3) is 0 Å². The van der Waals surface area contributed by atoms with Crippen LogP contribution in [-0.4, -0.2) is 30.4 Å². The summed E-state index contributed by atoms with van der Waals surface area (Å²) in [4.78, 5) is 13.7. The van der Waals surface area contributed by atoms with Gasteiger partial charge in [-0.15, -0.1) is 0 Å². The lowest BCUT2D eigenvalue weighted by molar-refractivity contribution is -0.138. The molecule has 0 radical (unpaired) electrons. The molecule has 0 bridgehead atoms. The first-order valence-corrected chi connectivity index (χ1v) is 7.07. The number of nitrogens with zero attached hydrogens (tertiary/aromatic N) is 1. The van der Waals surface area contributed by atoms with Gasteiger partial charge in [0.05, 0.1) is 12.1 Å². The summed E-state index contributed by atoms with van der Waals surface area (Å²) in [7, 11) is 0. The molecule has 0 atom stereocenters. The SMILES string of the molecule is Cc1ccc(NCC(=O)N2CCCCC2)cc1C(F)(F)F. The number of amides is 1. The van der Waals surface area contributed by atoms with Gasteiger partial charge in [-0.25, -0.2) is 0 Å². The Hall–Kier alpha value is -1.72. The fraction of sp³-hybridized carbons (Fsp3) is 0.533. The van der Waals surface area contributed by atoms with Crippen LogP contribution in [-0.2, 0) is 11.0 Å². The third-order valence-electron chi connectivity index (χ3n) is 3.70. The molecule has 1 aliphatic heterocycles. The van der Waals surface area contributed by atoms with Crippen LogP contribution in [0.3, 0.4) is 0 Å². The summed E-state index contributed by atoms with van der Waals surface area (Å²) >= 11 is 0. The lowest BCUT2D eigenvalue weighted by Crippen LogP contribution is -2.39. The van der Waals surface area contributed by atoms with E-state index in [1.54, 1.807) is 11.0 Å². The van der Waals surface area contributed by atoms with E-state index in [9.17, 15) is 18.0 Å². The molecule has 1 aromatic carbocycles. The molecule has 1 fully saturated rings. The Morgan fingerprint density at radius 3 is 2.52 bits per heavy atom. The maximum atomic E-state index is 12.8. The molecule has 1 aromatic rings. The highest BCUT2D eigenvalue weighted by Crippen LogP contribution is 2.33. The van der Waals surface area contributed by atoms with Gasteiger partial charge in [-0.2, -0.15) is 13.2 Å². The highest BCUT2D eigenvalue weighted by Gasteiger charge is 2.32. The fourth-order valence-corrected chi connectivity index (χ4v) is 2.47. The van der Waals surface area contributed by atoms with Crippen molar-refractivity contribution in [3.8, 4) is 0 Å².